The third kappa shape index (κ3) is 6.95. The molecule has 1 atom stereocenters. The zero-order valence-electron chi connectivity index (χ0n) is 8.59. The van der Waals surface area contributed by atoms with Crippen molar-refractivity contribution in [1.82, 2.24) is 5.32 Å². The summed E-state index contributed by atoms with van der Waals surface area (Å²) in [5.74, 6) is 1.20. The molecule has 1 N–H and O–H groups in total. The minimum Gasteiger partial charge on any atom is -0.377 e. The lowest BCUT2D eigenvalue weighted by Gasteiger charge is -2.17. The monoisotopic (exact) mass is 191 g/mol. The fraction of sp³-hybridized carbons (Fsp3) is 1.00. The minimum atomic E-state index is 0.343. The molecule has 12 heavy (non-hydrogen) atoms. The molecule has 0 bridgehead atoms. The number of hydrogen-bond acceptors (Lipinski definition) is 3. The van der Waals surface area contributed by atoms with E-state index in [2.05, 4.69) is 25.4 Å². The maximum absolute atomic E-state index is 5.52. The Morgan fingerprint density at radius 2 is 2.08 bits per heavy atom. The van der Waals surface area contributed by atoms with Crippen LogP contribution in [0.15, 0.2) is 0 Å². The second-order valence-electron chi connectivity index (χ2n) is 3.15. The van der Waals surface area contributed by atoms with E-state index >= 15 is 0 Å². The van der Waals surface area contributed by atoms with Gasteiger partial charge in [-0.15, -0.1) is 0 Å². The average Bonchev–Trinajstić information content (AvgIpc) is 2.05. The van der Waals surface area contributed by atoms with Crippen LogP contribution in [0.3, 0.4) is 0 Å². The normalized spacial score (nSPS) is 13.8. The Morgan fingerprint density at radius 3 is 2.50 bits per heavy atom. The van der Waals surface area contributed by atoms with Crippen LogP contribution in [0.4, 0.5) is 0 Å². The van der Waals surface area contributed by atoms with Crippen molar-refractivity contribution >= 4 is 11.8 Å². The Hall–Kier alpha value is 0.270. The van der Waals surface area contributed by atoms with E-state index in [1.807, 2.05) is 18.8 Å². The molecule has 0 spiro atoms. The molecule has 0 amide bonds. The highest BCUT2D eigenvalue weighted by Crippen LogP contribution is 2.01. The molecule has 0 radical (unpaired) electrons. The first-order valence-corrected chi connectivity index (χ1v) is 5.88. The molecule has 0 saturated carbocycles. The van der Waals surface area contributed by atoms with Crippen molar-refractivity contribution in [2.24, 2.45) is 0 Å². The predicted octanol–water partition coefficient (Wildman–Crippen LogP) is 1.75. The van der Waals surface area contributed by atoms with E-state index < -0.39 is 0 Å². The highest BCUT2D eigenvalue weighted by Gasteiger charge is 2.05. The van der Waals surface area contributed by atoms with Crippen LogP contribution in [0.1, 0.15) is 20.3 Å². The van der Waals surface area contributed by atoms with E-state index in [1.54, 1.807) is 0 Å². The highest BCUT2D eigenvalue weighted by atomic mass is 32.2. The van der Waals surface area contributed by atoms with Gasteiger partial charge in [0.15, 0.2) is 0 Å². The Balaban J connectivity index is 3.39. The van der Waals surface area contributed by atoms with Crippen LogP contribution >= 0.6 is 11.8 Å². The Bertz CT molecular complexity index is 98.5. The van der Waals surface area contributed by atoms with E-state index in [1.165, 1.54) is 12.2 Å². The van der Waals surface area contributed by atoms with Gasteiger partial charge in [0.1, 0.15) is 0 Å². The lowest BCUT2D eigenvalue weighted by Crippen LogP contribution is -2.32. The first-order chi connectivity index (χ1) is 5.70. The van der Waals surface area contributed by atoms with Gasteiger partial charge in [-0.3, -0.25) is 0 Å². The van der Waals surface area contributed by atoms with Crippen LogP contribution < -0.4 is 5.32 Å². The molecule has 0 saturated heterocycles. The minimum absolute atomic E-state index is 0.343. The molecule has 3 heteroatoms. The maximum atomic E-state index is 5.52. The van der Waals surface area contributed by atoms with Gasteiger partial charge in [-0.05, 0) is 39.3 Å². The molecule has 0 aliphatic heterocycles. The van der Waals surface area contributed by atoms with Gasteiger partial charge in [0.25, 0.3) is 0 Å². The summed E-state index contributed by atoms with van der Waals surface area (Å²) >= 11 is 1.88. The molecule has 0 aromatic heterocycles. The Morgan fingerprint density at radius 1 is 1.42 bits per heavy atom. The van der Waals surface area contributed by atoms with Crippen LogP contribution in [0.25, 0.3) is 0 Å². The third-order valence-electron chi connectivity index (χ3n) is 1.71. The van der Waals surface area contributed by atoms with Crippen LogP contribution in [0, 0.1) is 0 Å². The van der Waals surface area contributed by atoms with Crippen molar-refractivity contribution in [3.63, 3.8) is 0 Å². The Kier molecular flexibility index (Phi) is 8.07. The van der Waals surface area contributed by atoms with Gasteiger partial charge in [0.05, 0.1) is 12.7 Å². The van der Waals surface area contributed by atoms with Crippen molar-refractivity contribution in [2.45, 2.75) is 32.4 Å². The predicted molar refractivity (Wildman–Crippen MR) is 56.9 cm³/mol. The van der Waals surface area contributed by atoms with Crippen molar-refractivity contribution in [3.05, 3.63) is 0 Å². The first kappa shape index (κ1) is 12.3. The zero-order valence-corrected chi connectivity index (χ0v) is 9.41. The molecule has 0 rings (SSSR count). The second kappa shape index (κ2) is 7.90. The summed E-state index contributed by atoms with van der Waals surface area (Å²) < 4.78 is 5.52. The van der Waals surface area contributed by atoms with Gasteiger partial charge >= 0.3 is 0 Å². The molecule has 0 fully saturated rings. The molecule has 74 valence electrons. The van der Waals surface area contributed by atoms with Gasteiger partial charge in [0, 0.05) is 6.04 Å². The summed E-state index contributed by atoms with van der Waals surface area (Å²) in [5, 5.41) is 3.25. The van der Waals surface area contributed by atoms with E-state index in [4.69, 9.17) is 4.74 Å². The summed E-state index contributed by atoms with van der Waals surface area (Å²) in [6.07, 6.45) is 3.66. The summed E-state index contributed by atoms with van der Waals surface area (Å²) in [5.41, 5.74) is 0. The lowest BCUT2D eigenvalue weighted by molar-refractivity contribution is 0.0622. The topological polar surface area (TPSA) is 21.3 Å². The van der Waals surface area contributed by atoms with Crippen molar-refractivity contribution < 1.29 is 4.74 Å². The third-order valence-corrected chi connectivity index (χ3v) is 2.35. The number of ether oxygens (including phenoxy) is 1. The van der Waals surface area contributed by atoms with E-state index in [0.717, 1.165) is 6.61 Å². The number of likely N-dealkylation sites (N-methyl/N-ethyl adjacent to an activating group) is 1. The summed E-state index contributed by atoms with van der Waals surface area (Å²) in [7, 11) is 1.99. The summed E-state index contributed by atoms with van der Waals surface area (Å²) in [4.78, 5) is 0. The van der Waals surface area contributed by atoms with Crippen LogP contribution in [0.2, 0.25) is 0 Å². The maximum Gasteiger partial charge on any atom is 0.0623 e. The summed E-state index contributed by atoms with van der Waals surface area (Å²) in [6.45, 7) is 4.97. The van der Waals surface area contributed by atoms with Gasteiger partial charge in [0.2, 0.25) is 0 Å². The van der Waals surface area contributed by atoms with Gasteiger partial charge in [-0.25, -0.2) is 0 Å². The molecular formula is C9H21NOS. The molecule has 0 aromatic rings. The van der Waals surface area contributed by atoms with Gasteiger partial charge in [-0.1, -0.05) is 0 Å². The van der Waals surface area contributed by atoms with Crippen molar-refractivity contribution in [2.75, 3.05) is 25.7 Å². The van der Waals surface area contributed by atoms with E-state index in [0.29, 0.717) is 12.1 Å². The highest BCUT2D eigenvalue weighted by molar-refractivity contribution is 7.98. The molecule has 0 aliphatic carbocycles. The van der Waals surface area contributed by atoms with Crippen molar-refractivity contribution in [3.8, 4) is 0 Å². The van der Waals surface area contributed by atoms with Gasteiger partial charge in [-0.2, -0.15) is 11.8 Å². The number of rotatable bonds is 7. The van der Waals surface area contributed by atoms with E-state index in [9.17, 15) is 0 Å². The average molecular weight is 191 g/mol. The molecule has 1 unspecified atom stereocenters. The SMILES string of the molecule is CNC(CCSC)COC(C)C. The quantitative estimate of drug-likeness (QED) is 0.662. The summed E-state index contributed by atoms with van der Waals surface area (Å²) in [6, 6.07) is 0.514. The van der Waals surface area contributed by atoms with Crippen molar-refractivity contribution in [1.29, 1.82) is 0 Å². The van der Waals surface area contributed by atoms with Crippen LogP contribution in [0.5, 0.6) is 0 Å². The second-order valence-corrected chi connectivity index (χ2v) is 4.13. The van der Waals surface area contributed by atoms with E-state index in [-0.39, 0.29) is 0 Å². The molecule has 0 aliphatic rings. The molecule has 2 nitrogen and oxygen atoms in total. The number of nitrogens with one attached hydrogen (secondary N) is 1. The van der Waals surface area contributed by atoms with Crippen LogP contribution in [-0.2, 0) is 4.74 Å². The fourth-order valence-corrected chi connectivity index (χ4v) is 1.40. The fourth-order valence-electron chi connectivity index (χ4n) is 0.880. The molecule has 0 aromatic carbocycles. The first-order valence-electron chi connectivity index (χ1n) is 4.48. The lowest BCUT2D eigenvalue weighted by atomic mass is 10.2. The Labute approximate surface area is 80.4 Å². The van der Waals surface area contributed by atoms with Gasteiger partial charge < -0.3 is 10.1 Å². The standard InChI is InChI=1S/C9H21NOS/c1-8(2)11-7-9(10-3)5-6-12-4/h8-10H,5-7H2,1-4H3. The zero-order chi connectivity index (χ0) is 9.40. The number of hydrogen-bond donors (Lipinski definition) is 1. The largest absolute Gasteiger partial charge is 0.377 e. The van der Waals surface area contributed by atoms with Crippen LogP contribution in [-0.4, -0.2) is 37.8 Å². The number of thioether (sulfide) groups is 1. The molecular weight excluding hydrogens is 170 g/mol. The molecule has 0 heterocycles. The smallest absolute Gasteiger partial charge is 0.0623 e.